The van der Waals surface area contributed by atoms with Crippen molar-refractivity contribution in [1.29, 1.82) is 0 Å². The molecule has 0 fully saturated rings. The van der Waals surface area contributed by atoms with Gasteiger partial charge >= 0.3 is 0 Å². The van der Waals surface area contributed by atoms with Crippen molar-refractivity contribution in [2.24, 2.45) is 0 Å². The standard InChI is InChI=1S/C20H17ClO/c1-13-10-16(11-14(13)2)18-9-8-17(21)12-19(18)20(22)15-6-4-3-5-7-15/h3-10,12H,11H2,1-2H3. The van der Waals surface area contributed by atoms with Crippen molar-refractivity contribution in [3.63, 3.8) is 0 Å². The maximum atomic E-state index is 12.8. The Bertz CT molecular complexity index is 798. The lowest BCUT2D eigenvalue weighted by molar-refractivity contribution is 0.103. The van der Waals surface area contributed by atoms with Crippen LogP contribution in [-0.2, 0) is 0 Å². The number of benzene rings is 2. The Morgan fingerprint density at radius 2 is 1.77 bits per heavy atom. The fourth-order valence-corrected chi connectivity index (χ4v) is 2.94. The van der Waals surface area contributed by atoms with E-state index in [2.05, 4.69) is 19.9 Å². The summed E-state index contributed by atoms with van der Waals surface area (Å²) in [4.78, 5) is 12.8. The predicted molar refractivity (Wildman–Crippen MR) is 92.3 cm³/mol. The lowest BCUT2D eigenvalue weighted by Crippen LogP contribution is -2.05. The van der Waals surface area contributed by atoms with Crippen LogP contribution in [0.4, 0.5) is 0 Å². The number of carbonyl (C=O) groups excluding carboxylic acids is 1. The van der Waals surface area contributed by atoms with Crippen LogP contribution in [0, 0.1) is 0 Å². The summed E-state index contributed by atoms with van der Waals surface area (Å²) in [7, 11) is 0. The number of rotatable bonds is 3. The van der Waals surface area contributed by atoms with E-state index in [1.54, 1.807) is 6.07 Å². The van der Waals surface area contributed by atoms with E-state index in [-0.39, 0.29) is 5.78 Å². The number of ketones is 1. The van der Waals surface area contributed by atoms with Gasteiger partial charge in [0.05, 0.1) is 0 Å². The van der Waals surface area contributed by atoms with Gasteiger partial charge in [-0.1, -0.05) is 65.2 Å². The van der Waals surface area contributed by atoms with Gasteiger partial charge in [0.25, 0.3) is 0 Å². The normalized spacial score (nSPS) is 14.2. The molecule has 0 unspecified atom stereocenters. The fourth-order valence-electron chi connectivity index (χ4n) is 2.76. The summed E-state index contributed by atoms with van der Waals surface area (Å²) in [6.45, 7) is 4.24. The molecular weight excluding hydrogens is 292 g/mol. The number of halogens is 1. The third-order valence-corrected chi connectivity index (χ3v) is 4.36. The topological polar surface area (TPSA) is 17.1 Å². The Morgan fingerprint density at radius 3 is 2.41 bits per heavy atom. The molecule has 2 heteroatoms. The molecule has 0 aliphatic heterocycles. The molecule has 0 amide bonds. The molecule has 0 atom stereocenters. The van der Waals surface area contributed by atoms with E-state index in [0.29, 0.717) is 16.1 Å². The van der Waals surface area contributed by atoms with E-state index in [0.717, 1.165) is 12.0 Å². The summed E-state index contributed by atoms with van der Waals surface area (Å²) in [5, 5.41) is 0.586. The summed E-state index contributed by atoms with van der Waals surface area (Å²) in [5.74, 6) is 0.0150. The van der Waals surface area contributed by atoms with Gasteiger partial charge in [-0.25, -0.2) is 0 Å². The number of hydrogen-bond acceptors (Lipinski definition) is 1. The minimum absolute atomic E-state index is 0.0150. The number of allylic oxidation sites excluding steroid dienone is 4. The van der Waals surface area contributed by atoms with Gasteiger partial charge in [-0.05, 0) is 43.5 Å². The van der Waals surface area contributed by atoms with E-state index in [1.807, 2.05) is 42.5 Å². The molecule has 3 rings (SSSR count). The maximum absolute atomic E-state index is 12.8. The summed E-state index contributed by atoms with van der Waals surface area (Å²) >= 11 is 6.13. The third kappa shape index (κ3) is 2.77. The first-order valence-electron chi connectivity index (χ1n) is 7.33. The molecule has 0 N–H and O–H groups in total. The first-order valence-corrected chi connectivity index (χ1v) is 7.70. The molecule has 0 saturated carbocycles. The molecule has 2 aromatic carbocycles. The molecule has 0 radical (unpaired) electrons. The van der Waals surface area contributed by atoms with Crippen molar-refractivity contribution in [3.05, 3.63) is 87.5 Å². The zero-order chi connectivity index (χ0) is 15.7. The highest BCUT2D eigenvalue weighted by Gasteiger charge is 2.19. The molecule has 0 bridgehead atoms. The first kappa shape index (κ1) is 14.8. The molecule has 0 heterocycles. The zero-order valence-corrected chi connectivity index (χ0v) is 13.4. The van der Waals surface area contributed by atoms with Crippen LogP contribution < -0.4 is 0 Å². The van der Waals surface area contributed by atoms with Crippen LogP contribution >= 0.6 is 11.6 Å². The van der Waals surface area contributed by atoms with Crippen LogP contribution in [0.25, 0.3) is 5.57 Å². The lowest BCUT2D eigenvalue weighted by Gasteiger charge is -2.11. The highest BCUT2D eigenvalue weighted by molar-refractivity contribution is 6.31. The van der Waals surface area contributed by atoms with Crippen molar-refractivity contribution >= 4 is 23.0 Å². The van der Waals surface area contributed by atoms with Crippen LogP contribution in [0.1, 0.15) is 41.8 Å². The summed E-state index contributed by atoms with van der Waals surface area (Å²) < 4.78 is 0. The molecule has 0 aromatic heterocycles. The van der Waals surface area contributed by atoms with Crippen LogP contribution in [0.3, 0.4) is 0 Å². The average molecular weight is 309 g/mol. The van der Waals surface area contributed by atoms with Gasteiger partial charge in [0.1, 0.15) is 0 Å². The molecule has 0 spiro atoms. The minimum Gasteiger partial charge on any atom is -0.289 e. The van der Waals surface area contributed by atoms with Crippen LogP contribution in [0.15, 0.2) is 65.8 Å². The van der Waals surface area contributed by atoms with Gasteiger partial charge in [0.15, 0.2) is 5.78 Å². The predicted octanol–water partition coefficient (Wildman–Crippen LogP) is 5.69. The van der Waals surface area contributed by atoms with E-state index in [1.165, 1.54) is 16.7 Å². The Labute approximate surface area is 135 Å². The molecular formula is C20H17ClO. The quantitative estimate of drug-likeness (QED) is 0.665. The Balaban J connectivity index is 2.07. The van der Waals surface area contributed by atoms with Crippen LogP contribution in [-0.4, -0.2) is 5.78 Å². The van der Waals surface area contributed by atoms with Gasteiger partial charge in [-0.3, -0.25) is 4.79 Å². The van der Waals surface area contributed by atoms with Crippen molar-refractivity contribution in [3.8, 4) is 0 Å². The summed E-state index contributed by atoms with van der Waals surface area (Å²) in [6, 6.07) is 14.9. The molecule has 0 saturated heterocycles. The van der Waals surface area contributed by atoms with Crippen LogP contribution in [0.5, 0.6) is 0 Å². The van der Waals surface area contributed by atoms with Crippen molar-refractivity contribution in [2.45, 2.75) is 20.3 Å². The van der Waals surface area contributed by atoms with Crippen molar-refractivity contribution in [1.82, 2.24) is 0 Å². The fraction of sp³-hybridized carbons (Fsp3) is 0.150. The smallest absolute Gasteiger partial charge is 0.193 e. The van der Waals surface area contributed by atoms with E-state index in [9.17, 15) is 4.79 Å². The van der Waals surface area contributed by atoms with E-state index >= 15 is 0 Å². The van der Waals surface area contributed by atoms with Crippen molar-refractivity contribution < 1.29 is 4.79 Å². The highest BCUT2D eigenvalue weighted by atomic mass is 35.5. The van der Waals surface area contributed by atoms with Gasteiger partial charge < -0.3 is 0 Å². The Morgan fingerprint density at radius 1 is 1.05 bits per heavy atom. The SMILES string of the molecule is CC1=C(C)CC(c2ccc(Cl)cc2C(=O)c2ccccc2)=C1. The number of hydrogen-bond donors (Lipinski definition) is 0. The highest BCUT2D eigenvalue weighted by Crippen LogP contribution is 2.35. The largest absolute Gasteiger partial charge is 0.289 e. The molecule has 2 aromatic rings. The third-order valence-electron chi connectivity index (χ3n) is 4.13. The zero-order valence-electron chi connectivity index (χ0n) is 12.7. The lowest BCUT2D eigenvalue weighted by atomic mass is 9.93. The maximum Gasteiger partial charge on any atom is 0.193 e. The molecule has 22 heavy (non-hydrogen) atoms. The second kappa shape index (κ2) is 5.94. The van der Waals surface area contributed by atoms with Gasteiger partial charge in [0, 0.05) is 16.1 Å². The summed E-state index contributed by atoms with van der Waals surface area (Å²) in [6.07, 6.45) is 3.06. The second-order valence-electron chi connectivity index (χ2n) is 5.69. The molecule has 110 valence electrons. The van der Waals surface area contributed by atoms with Gasteiger partial charge in [-0.2, -0.15) is 0 Å². The Kier molecular flexibility index (Phi) is 4.00. The Hall–Kier alpha value is -2.12. The molecule has 1 aliphatic carbocycles. The summed E-state index contributed by atoms with van der Waals surface area (Å²) in [5.41, 5.74) is 6.16. The average Bonchev–Trinajstić information content (AvgIpc) is 2.86. The van der Waals surface area contributed by atoms with Gasteiger partial charge in [0.2, 0.25) is 0 Å². The van der Waals surface area contributed by atoms with E-state index in [4.69, 9.17) is 11.6 Å². The van der Waals surface area contributed by atoms with Crippen LogP contribution in [0.2, 0.25) is 5.02 Å². The van der Waals surface area contributed by atoms with Crippen molar-refractivity contribution in [2.75, 3.05) is 0 Å². The first-order chi connectivity index (χ1) is 10.6. The van der Waals surface area contributed by atoms with E-state index < -0.39 is 0 Å². The monoisotopic (exact) mass is 308 g/mol. The minimum atomic E-state index is 0.0150. The molecule has 1 aliphatic rings. The number of carbonyl (C=O) groups is 1. The second-order valence-corrected chi connectivity index (χ2v) is 6.13. The molecule has 1 nitrogen and oxygen atoms in total. The van der Waals surface area contributed by atoms with Gasteiger partial charge in [-0.15, -0.1) is 0 Å².